The minimum atomic E-state index is -0.948. The van der Waals surface area contributed by atoms with Gasteiger partial charge in [0.05, 0.1) is 29.3 Å². The molecule has 0 amide bonds. The van der Waals surface area contributed by atoms with Crippen LogP contribution in [0.15, 0.2) is 36.4 Å². The van der Waals surface area contributed by atoms with E-state index in [0.717, 1.165) is 5.52 Å². The molecule has 2 aromatic carbocycles. The lowest BCUT2D eigenvalue weighted by atomic mass is 10.2. The summed E-state index contributed by atoms with van der Waals surface area (Å²) in [7, 11) is 0. The topological polar surface area (TPSA) is 73.6 Å². The fourth-order valence-electron chi connectivity index (χ4n) is 2.84. The number of fused-ring (bicyclic) bond motifs is 1. The highest BCUT2D eigenvalue weighted by molar-refractivity contribution is 6.32. The van der Waals surface area contributed by atoms with Gasteiger partial charge in [-0.1, -0.05) is 23.7 Å². The molecule has 1 aromatic heterocycles. The molecule has 0 saturated heterocycles. The number of benzene rings is 2. The first-order valence-electron chi connectivity index (χ1n) is 8.31. The van der Waals surface area contributed by atoms with E-state index in [1.807, 2.05) is 38.1 Å². The van der Waals surface area contributed by atoms with Gasteiger partial charge in [0.25, 0.3) is 0 Å². The number of hydrogen-bond acceptors (Lipinski definition) is 4. The Morgan fingerprint density at radius 2 is 1.92 bits per heavy atom. The molecular weight excluding hydrogens is 356 g/mol. The molecule has 6 nitrogen and oxygen atoms in total. The summed E-state index contributed by atoms with van der Waals surface area (Å²) >= 11 is 6.40. The van der Waals surface area contributed by atoms with Crippen LogP contribution in [0, 0.1) is 0 Å². The SMILES string of the molecule is CCOc1cc(-c2nc3ccccc3n2CC(=O)O)cc(Cl)c1OCC. The number of hydrogen-bond donors (Lipinski definition) is 1. The molecule has 0 unspecified atom stereocenters. The lowest BCUT2D eigenvalue weighted by Gasteiger charge is -2.15. The molecule has 0 aliphatic heterocycles. The van der Waals surface area contributed by atoms with Crippen LogP contribution in [0.5, 0.6) is 11.5 Å². The van der Waals surface area contributed by atoms with E-state index in [4.69, 9.17) is 21.1 Å². The van der Waals surface area contributed by atoms with Gasteiger partial charge in [-0.05, 0) is 38.1 Å². The molecule has 0 fully saturated rings. The van der Waals surface area contributed by atoms with Gasteiger partial charge < -0.3 is 19.1 Å². The minimum absolute atomic E-state index is 0.204. The molecule has 3 aromatic rings. The van der Waals surface area contributed by atoms with Crippen LogP contribution in [0.2, 0.25) is 5.02 Å². The molecule has 26 heavy (non-hydrogen) atoms. The molecule has 136 valence electrons. The van der Waals surface area contributed by atoms with E-state index in [9.17, 15) is 9.90 Å². The van der Waals surface area contributed by atoms with Crippen LogP contribution in [0.25, 0.3) is 22.4 Å². The first-order chi connectivity index (χ1) is 12.5. The Kier molecular flexibility index (Phi) is 5.32. The van der Waals surface area contributed by atoms with Crippen molar-refractivity contribution in [1.29, 1.82) is 0 Å². The summed E-state index contributed by atoms with van der Waals surface area (Å²) in [5, 5.41) is 9.69. The number of aromatic nitrogens is 2. The number of aliphatic carboxylic acids is 1. The zero-order chi connectivity index (χ0) is 18.7. The van der Waals surface area contributed by atoms with Crippen molar-refractivity contribution in [3.8, 4) is 22.9 Å². The number of para-hydroxylation sites is 2. The first-order valence-corrected chi connectivity index (χ1v) is 8.69. The maximum atomic E-state index is 11.4. The monoisotopic (exact) mass is 374 g/mol. The van der Waals surface area contributed by atoms with E-state index in [1.54, 1.807) is 16.7 Å². The molecule has 3 rings (SSSR count). The number of carboxylic acid groups (broad SMARTS) is 1. The van der Waals surface area contributed by atoms with Crippen LogP contribution in [-0.4, -0.2) is 33.8 Å². The van der Waals surface area contributed by atoms with Crippen LogP contribution in [-0.2, 0) is 11.3 Å². The highest BCUT2D eigenvalue weighted by Gasteiger charge is 2.19. The lowest BCUT2D eigenvalue weighted by Crippen LogP contribution is -2.10. The van der Waals surface area contributed by atoms with Gasteiger partial charge in [0.2, 0.25) is 0 Å². The van der Waals surface area contributed by atoms with Gasteiger partial charge in [0.1, 0.15) is 12.4 Å². The summed E-state index contributed by atoms with van der Waals surface area (Å²) in [5.41, 5.74) is 2.12. The summed E-state index contributed by atoms with van der Waals surface area (Å²) in [4.78, 5) is 15.9. The van der Waals surface area contributed by atoms with Gasteiger partial charge >= 0.3 is 5.97 Å². The molecule has 7 heteroatoms. The third kappa shape index (κ3) is 3.46. The molecule has 0 bridgehead atoms. The molecular formula is C19H19ClN2O4. The summed E-state index contributed by atoms with van der Waals surface area (Å²) < 4.78 is 12.9. The Morgan fingerprint density at radius 3 is 2.62 bits per heavy atom. The maximum absolute atomic E-state index is 11.4. The van der Waals surface area contributed by atoms with E-state index in [1.165, 1.54) is 0 Å². The molecule has 0 atom stereocenters. The fraction of sp³-hybridized carbons (Fsp3) is 0.263. The van der Waals surface area contributed by atoms with Gasteiger partial charge in [0, 0.05) is 5.56 Å². The van der Waals surface area contributed by atoms with Crippen molar-refractivity contribution in [2.45, 2.75) is 20.4 Å². The number of halogens is 1. The minimum Gasteiger partial charge on any atom is -0.490 e. The third-order valence-electron chi connectivity index (χ3n) is 3.80. The van der Waals surface area contributed by atoms with Crippen molar-refractivity contribution < 1.29 is 19.4 Å². The average molecular weight is 375 g/mol. The standard InChI is InChI=1S/C19H19ClN2O4/c1-3-25-16-10-12(9-13(20)18(16)26-4-2)19-21-14-7-5-6-8-15(14)22(19)11-17(23)24/h5-10H,3-4,11H2,1-2H3,(H,23,24). The Morgan fingerprint density at radius 1 is 1.19 bits per heavy atom. The number of carbonyl (C=O) groups is 1. The fourth-order valence-corrected chi connectivity index (χ4v) is 3.10. The summed E-state index contributed by atoms with van der Waals surface area (Å²) in [6.45, 7) is 4.44. The zero-order valence-electron chi connectivity index (χ0n) is 14.5. The van der Waals surface area contributed by atoms with Crippen molar-refractivity contribution in [3.05, 3.63) is 41.4 Å². The second-order valence-corrected chi connectivity index (χ2v) is 5.96. The van der Waals surface area contributed by atoms with Crippen LogP contribution in [0.3, 0.4) is 0 Å². The van der Waals surface area contributed by atoms with Crippen molar-refractivity contribution in [2.75, 3.05) is 13.2 Å². The normalized spacial score (nSPS) is 10.9. The van der Waals surface area contributed by atoms with Crippen LogP contribution in [0.1, 0.15) is 13.8 Å². The Balaban J connectivity index is 2.21. The Labute approximate surface area is 155 Å². The highest BCUT2D eigenvalue weighted by Crippen LogP contribution is 2.40. The van der Waals surface area contributed by atoms with Gasteiger partial charge in [-0.15, -0.1) is 0 Å². The van der Waals surface area contributed by atoms with Crippen molar-refractivity contribution in [1.82, 2.24) is 9.55 Å². The average Bonchev–Trinajstić information content (AvgIpc) is 2.96. The number of nitrogens with zero attached hydrogens (tertiary/aromatic N) is 2. The van der Waals surface area contributed by atoms with E-state index in [0.29, 0.717) is 46.6 Å². The quantitative estimate of drug-likeness (QED) is 0.669. The van der Waals surface area contributed by atoms with Crippen molar-refractivity contribution in [3.63, 3.8) is 0 Å². The van der Waals surface area contributed by atoms with Gasteiger partial charge in [-0.25, -0.2) is 4.98 Å². The molecule has 0 aliphatic rings. The Bertz CT molecular complexity index is 952. The smallest absolute Gasteiger partial charge is 0.323 e. The zero-order valence-corrected chi connectivity index (χ0v) is 15.3. The molecule has 0 radical (unpaired) electrons. The molecule has 1 N–H and O–H groups in total. The number of rotatable bonds is 7. The largest absolute Gasteiger partial charge is 0.490 e. The predicted molar refractivity (Wildman–Crippen MR) is 100 cm³/mol. The van der Waals surface area contributed by atoms with Crippen LogP contribution in [0.4, 0.5) is 0 Å². The van der Waals surface area contributed by atoms with E-state index < -0.39 is 5.97 Å². The summed E-state index contributed by atoms with van der Waals surface area (Å²) in [5.74, 6) is 0.544. The van der Waals surface area contributed by atoms with Crippen molar-refractivity contribution in [2.24, 2.45) is 0 Å². The lowest BCUT2D eigenvalue weighted by molar-refractivity contribution is -0.137. The second-order valence-electron chi connectivity index (χ2n) is 5.56. The number of carboxylic acids is 1. The summed E-state index contributed by atoms with van der Waals surface area (Å²) in [6, 6.07) is 10.9. The summed E-state index contributed by atoms with van der Waals surface area (Å²) in [6.07, 6.45) is 0. The second kappa shape index (κ2) is 7.66. The van der Waals surface area contributed by atoms with E-state index in [2.05, 4.69) is 4.98 Å². The van der Waals surface area contributed by atoms with E-state index >= 15 is 0 Å². The highest BCUT2D eigenvalue weighted by atomic mass is 35.5. The molecule has 0 spiro atoms. The van der Waals surface area contributed by atoms with Gasteiger partial charge in [0.15, 0.2) is 11.5 Å². The third-order valence-corrected chi connectivity index (χ3v) is 4.08. The number of imidazole rings is 1. The van der Waals surface area contributed by atoms with Crippen LogP contribution < -0.4 is 9.47 Å². The molecule has 0 saturated carbocycles. The maximum Gasteiger partial charge on any atom is 0.323 e. The Hall–Kier alpha value is -2.73. The molecule has 1 heterocycles. The van der Waals surface area contributed by atoms with Crippen molar-refractivity contribution >= 4 is 28.6 Å². The predicted octanol–water partition coefficient (Wildman–Crippen LogP) is 4.24. The van der Waals surface area contributed by atoms with E-state index in [-0.39, 0.29) is 6.54 Å². The molecule has 0 aliphatic carbocycles. The van der Waals surface area contributed by atoms with Crippen LogP contribution >= 0.6 is 11.6 Å². The van der Waals surface area contributed by atoms with Gasteiger partial charge in [-0.2, -0.15) is 0 Å². The number of ether oxygens (including phenoxy) is 2. The van der Waals surface area contributed by atoms with Gasteiger partial charge in [-0.3, -0.25) is 4.79 Å². The first kappa shape index (κ1) is 18.1.